The first-order valence-electron chi connectivity index (χ1n) is 14.1. The number of hydrogen-bond donors (Lipinski definition) is 1. The molecule has 0 spiro atoms. The zero-order valence-corrected chi connectivity index (χ0v) is 27.0. The lowest BCUT2D eigenvalue weighted by atomic mass is 10.0. The van der Waals surface area contributed by atoms with Crippen molar-refractivity contribution in [3.8, 4) is 0 Å². The van der Waals surface area contributed by atoms with Gasteiger partial charge in [0.2, 0.25) is 11.8 Å². The predicted octanol–water partition coefficient (Wildman–Crippen LogP) is 7.03. The fourth-order valence-electron chi connectivity index (χ4n) is 4.47. The smallest absolute Gasteiger partial charge is 0.264 e. The zero-order chi connectivity index (χ0) is 31.0. The summed E-state index contributed by atoms with van der Waals surface area (Å²) >= 11 is 12.6. The number of hydrogen-bond acceptors (Lipinski definition) is 4. The summed E-state index contributed by atoms with van der Waals surface area (Å²) in [7, 11) is -4.14. The van der Waals surface area contributed by atoms with Gasteiger partial charge in [-0.2, -0.15) is 0 Å². The molecule has 0 fully saturated rings. The maximum atomic E-state index is 14.2. The molecule has 2 atom stereocenters. The van der Waals surface area contributed by atoms with Crippen LogP contribution in [0.15, 0.2) is 77.7 Å². The van der Waals surface area contributed by atoms with E-state index in [0.29, 0.717) is 34.1 Å². The highest BCUT2D eigenvalue weighted by Crippen LogP contribution is 2.28. The van der Waals surface area contributed by atoms with Gasteiger partial charge in [0.15, 0.2) is 0 Å². The standard InChI is InChI=1S/C32H39Cl2N3O4S/c1-6-23(5)35-32(39)30(7-2)36(20-25-13-16-26(33)19-29(25)34)31(38)21-37(27-17-14-24(15-18-27)22(3)4)42(40,41)28-11-9-8-10-12-28/h8-19,22-23,30H,6-7,20-21H2,1-5H3,(H,35,39)/t23-,30-/m1/s1. The minimum absolute atomic E-state index is 0.00716. The van der Waals surface area contributed by atoms with Gasteiger partial charge in [-0.25, -0.2) is 8.42 Å². The van der Waals surface area contributed by atoms with Crippen molar-refractivity contribution < 1.29 is 18.0 Å². The van der Waals surface area contributed by atoms with E-state index >= 15 is 0 Å². The SMILES string of the molecule is CC[C@@H](C)NC(=O)[C@@H](CC)N(Cc1ccc(Cl)cc1Cl)C(=O)CN(c1ccc(C(C)C)cc1)S(=O)(=O)c1ccccc1. The first-order chi connectivity index (χ1) is 19.9. The average molecular weight is 633 g/mol. The molecule has 42 heavy (non-hydrogen) atoms. The molecule has 0 bridgehead atoms. The maximum absolute atomic E-state index is 14.2. The Kier molecular flexibility index (Phi) is 11.9. The Hall–Kier alpha value is -3.07. The molecule has 3 aromatic carbocycles. The van der Waals surface area contributed by atoms with E-state index in [2.05, 4.69) is 5.32 Å². The Bertz CT molecular complexity index is 1460. The molecule has 10 heteroatoms. The molecule has 2 amide bonds. The number of carbonyl (C=O) groups is 2. The third kappa shape index (κ3) is 8.27. The summed E-state index contributed by atoms with van der Waals surface area (Å²) in [5, 5.41) is 3.75. The molecule has 0 aromatic heterocycles. The van der Waals surface area contributed by atoms with Crippen molar-refractivity contribution in [1.29, 1.82) is 0 Å². The average Bonchev–Trinajstić information content (AvgIpc) is 2.97. The van der Waals surface area contributed by atoms with Gasteiger partial charge in [0, 0.05) is 22.6 Å². The number of halogens is 2. The van der Waals surface area contributed by atoms with Crippen LogP contribution in [-0.4, -0.2) is 43.8 Å². The second-order valence-corrected chi connectivity index (χ2v) is 13.3. The Labute approximate surface area is 259 Å². The lowest BCUT2D eigenvalue weighted by Crippen LogP contribution is -2.53. The molecule has 1 N–H and O–H groups in total. The number of rotatable bonds is 13. The number of sulfonamides is 1. The second kappa shape index (κ2) is 14.9. The molecule has 3 aromatic rings. The van der Waals surface area contributed by atoms with Crippen molar-refractivity contribution in [2.75, 3.05) is 10.8 Å². The highest BCUT2D eigenvalue weighted by atomic mass is 35.5. The molecule has 3 rings (SSSR count). The molecule has 0 saturated carbocycles. The van der Waals surface area contributed by atoms with Crippen LogP contribution in [0.25, 0.3) is 0 Å². The first kappa shape index (κ1) is 33.4. The maximum Gasteiger partial charge on any atom is 0.264 e. The molecule has 0 aliphatic rings. The van der Waals surface area contributed by atoms with E-state index in [1.54, 1.807) is 48.5 Å². The van der Waals surface area contributed by atoms with Crippen LogP contribution < -0.4 is 9.62 Å². The highest BCUT2D eigenvalue weighted by molar-refractivity contribution is 7.92. The van der Waals surface area contributed by atoms with Gasteiger partial charge >= 0.3 is 0 Å². The molecule has 0 saturated heterocycles. The normalized spacial score (nSPS) is 13.0. The van der Waals surface area contributed by atoms with Gasteiger partial charge < -0.3 is 10.2 Å². The molecule has 0 aliphatic heterocycles. The van der Waals surface area contributed by atoms with Gasteiger partial charge in [-0.05, 0) is 73.2 Å². The van der Waals surface area contributed by atoms with E-state index in [9.17, 15) is 18.0 Å². The largest absolute Gasteiger partial charge is 0.352 e. The molecule has 0 unspecified atom stereocenters. The molecular weight excluding hydrogens is 593 g/mol. The summed E-state index contributed by atoms with van der Waals surface area (Å²) in [4.78, 5) is 29.1. The van der Waals surface area contributed by atoms with Crippen molar-refractivity contribution in [3.05, 3.63) is 94.0 Å². The van der Waals surface area contributed by atoms with E-state index in [-0.39, 0.29) is 29.3 Å². The van der Waals surface area contributed by atoms with E-state index in [1.165, 1.54) is 17.0 Å². The van der Waals surface area contributed by atoms with Crippen molar-refractivity contribution in [3.63, 3.8) is 0 Å². The third-order valence-corrected chi connectivity index (χ3v) is 9.58. The second-order valence-electron chi connectivity index (χ2n) is 10.6. The zero-order valence-electron chi connectivity index (χ0n) is 24.7. The van der Waals surface area contributed by atoms with Crippen LogP contribution in [-0.2, 0) is 26.2 Å². The molecular formula is C32H39Cl2N3O4S. The molecule has 7 nitrogen and oxygen atoms in total. The van der Waals surface area contributed by atoms with E-state index in [4.69, 9.17) is 23.2 Å². The quantitative estimate of drug-likeness (QED) is 0.219. The van der Waals surface area contributed by atoms with Gasteiger partial charge in [-0.1, -0.05) is 87.3 Å². The number of anilines is 1. The van der Waals surface area contributed by atoms with Crippen LogP contribution in [0, 0.1) is 0 Å². The number of nitrogens with zero attached hydrogens (tertiary/aromatic N) is 2. The minimum Gasteiger partial charge on any atom is -0.352 e. The fourth-order valence-corrected chi connectivity index (χ4v) is 6.37. The van der Waals surface area contributed by atoms with Crippen LogP contribution in [0.4, 0.5) is 5.69 Å². The van der Waals surface area contributed by atoms with E-state index < -0.39 is 28.5 Å². The predicted molar refractivity (Wildman–Crippen MR) is 170 cm³/mol. The first-order valence-corrected chi connectivity index (χ1v) is 16.3. The highest BCUT2D eigenvalue weighted by Gasteiger charge is 2.34. The summed E-state index contributed by atoms with van der Waals surface area (Å²) < 4.78 is 29.0. The monoisotopic (exact) mass is 631 g/mol. The molecule has 0 heterocycles. The molecule has 226 valence electrons. The van der Waals surface area contributed by atoms with E-state index in [1.807, 2.05) is 46.8 Å². The van der Waals surface area contributed by atoms with Gasteiger partial charge in [0.05, 0.1) is 10.6 Å². The summed E-state index contributed by atoms with van der Waals surface area (Å²) in [5.41, 5.74) is 1.97. The Morgan fingerprint density at radius 3 is 2.07 bits per heavy atom. The molecule has 0 radical (unpaired) electrons. The Morgan fingerprint density at radius 2 is 1.52 bits per heavy atom. The number of amides is 2. The third-order valence-electron chi connectivity index (χ3n) is 7.20. The lowest BCUT2D eigenvalue weighted by Gasteiger charge is -2.34. The summed E-state index contributed by atoms with van der Waals surface area (Å²) in [6.45, 7) is 9.23. The van der Waals surface area contributed by atoms with Crippen LogP contribution in [0.1, 0.15) is 64.5 Å². The number of nitrogens with one attached hydrogen (secondary N) is 1. The van der Waals surface area contributed by atoms with Crippen molar-refractivity contribution >= 4 is 50.7 Å². The van der Waals surface area contributed by atoms with Crippen molar-refractivity contribution in [2.24, 2.45) is 0 Å². The van der Waals surface area contributed by atoms with Gasteiger partial charge in [0.1, 0.15) is 12.6 Å². The number of carbonyl (C=O) groups excluding carboxylic acids is 2. The Morgan fingerprint density at radius 1 is 0.881 bits per heavy atom. The van der Waals surface area contributed by atoms with Crippen molar-refractivity contribution in [2.45, 2.75) is 76.9 Å². The van der Waals surface area contributed by atoms with Crippen LogP contribution in [0.2, 0.25) is 10.0 Å². The van der Waals surface area contributed by atoms with E-state index in [0.717, 1.165) is 9.87 Å². The van der Waals surface area contributed by atoms with Gasteiger partial charge in [0.25, 0.3) is 10.0 Å². The topological polar surface area (TPSA) is 86.8 Å². The Balaban J connectivity index is 2.08. The van der Waals surface area contributed by atoms with Gasteiger partial charge in [-0.15, -0.1) is 0 Å². The summed E-state index contributed by atoms with van der Waals surface area (Å²) in [6, 6.07) is 19.1. The van der Waals surface area contributed by atoms with Crippen LogP contribution in [0.3, 0.4) is 0 Å². The van der Waals surface area contributed by atoms with Crippen molar-refractivity contribution in [1.82, 2.24) is 10.2 Å². The van der Waals surface area contributed by atoms with Crippen LogP contribution in [0.5, 0.6) is 0 Å². The van der Waals surface area contributed by atoms with Gasteiger partial charge in [-0.3, -0.25) is 13.9 Å². The summed E-state index contributed by atoms with van der Waals surface area (Å²) in [6.07, 6.45) is 1.03. The molecule has 0 aliphatic carbocycles. The summed E-state index contributed by atoms with van der Waals surface area (Å²) in [5.74, 6) is -0.613. The fraction of sp³-hybridized carbons (Fsp3) is 0.375. The lowest BCUT2D eigenvalue weighted by molar-refractivity contribution is -0.140. The number of benzene rings is 3. The van der Waals surface area contributed by atoms with Crippen LogP contribution >= 0.6 is 23.2 Å². The minimum atomic E-state index is -4.14.